The second-order valence-electron chi connectivity index (χ2n) is 5.33. The zero-order valence-corrected chi connectivity index (χ0v) is 13.2. The second kappa shape index (κ2) is 6.95. The van der Waals surface area contributed by atoms with Crippen LogP contribution in [0.3, 0.4) is 0 Å². The molecule has 2 aromatic heterocycles. The van der Waals surface area contributed by atoms with Crippen molar-refractivity contribution in [2.45, 2.75) is 13.5 Å². The fourth-order valence-electron chi connectivity index (χ4n) is 2.36. The fraction of sp³-hybridized carbons (Fsp3) is 0.167. The van der Waals surface area contributed by atoms with E-state index < -0.39 is 0 Å². The molecule has 122 valence electrons. The van der Waals surface area contributed by atoms with Crippen LogP contribution in [0.4, 0.5) is 0 Å². The van der Waals surface area contributed by atoms with Gasteiger partial charge in [0.2, 0.25) is 0 Å². The molecule has 0 atom stereocenters. The van der Waals surface area contributed by atoms with Crippen LogP contribution in [0.25, 0.3) is 11.5 Å². The van der Waals surface area contributed by atoms with Crippen molar-refractivity contribution in [3.8, 4) is 11.5 Å². The molecule has 0 aliphatic heterocycles. The highest BCUT2D eigenvalue weighted by molar-refractivity contribution is 5.95. The number of hydrogen-bond acceptors (Lipinski definition) is 4. The first-order chi connectivity index (χ1) is 11.6. The van der Waals surface area contributed by atoms with E-state index in [-0.39, 0.29) is 18.0 Å². The van der Waals surface area contributed by atoms with E-state index in [4.69, 9.17) is 4.42 Å². The summed E-state index contributed by atoms with van der Waals surface area (Å²) < 4.78 is 6.60. The molecule has 3 aromatic rings. The van der Waals surface area contributed by atoms with Crippen molar-refractivity contribution < 1.29 is 9.21 Å². The fourth-order valence-corrected chi connectivity index (χ4v) is 2.36. The number of aromatic nitrogens is 2. The van der Waals surface area contributed by atoms with Crippen LogP contribution < -0.4 is 10.9 Å². The van der Waals surface area contributed by atoms with Crippen molar-refractivity contribution in [1.29, 1.82) is 0 Å². The lowest BCUT2D eigenvalue weighted by Crippen LogP contribution is -2.32. The summed E-state index contributed by atoms with van der Waals surface area (Å²) in [6.45, 7) is 2.47. The summed E-state index contributed by atoms with van der Waals surface area (Å²) in [5, 5.41) is 7.07. The van der Waals surface area contributed by atoms with Crippen molar-refractivity contribution in [3.63, 3.8) is 0 Å². The largest absolute Gasteiger partial charge is 0.463 e. The summed E-state index contributed by atoms with van der Waals surface area (Å²) in [6.07, 6.45) is 1.55. The molecule has 0 bridgehead atoms. The molecule has 6 nitrogen and oxygen atoms in total. The summed E-state index contributed by atoms with van der Waals surface area (Å²) in [6, 6.07) is 13.9. The lowest BCUT2D eigenvalue weighted by atomic mass is 10.1. The summed E-state index contributed by atoms with van der Waals surface area (Å²) in [5.41, 5.74) is 1.88. The number of nitrogens with one attached hydrogen (secondary N) is 1. The summed E-state index contributed by atoms with van der Waals surface area (Å²) >= 11 is 0. The highest BCUT2D eigenvalue weighted by atomic mass is 16.3. The minimum Gasteiger partial charge on any atom is -0.463 e. The lowest BCUT2D eigenvalue weighted by molar-refractivity contribution is 0.0951. The van der Waals surface area contributed by atoms with E-state index in [0.717, 1.165) is 5.56 Å². The number of carbonyl (C=O) groups excluding carboxylic acids is 1. The maximum Gasteiger partial charge on any atom is 0.266 e. The first kappa shape index (κ1) is 15.7. The van der Waals surface area contributed by atoms with Gasteiger partial charge in [0.05, 0.1) is 12.8 Å². The Labute approximate surface area is 138 Å². The third kappa shape index (κ3) is 3.43. The Bertz CT molecular complexity index is 898. The molecule has 0 unspecified atom stereocenters. The van der Waals surface area contributed by atoms with Gasteiger partial charge in [0.15, 0.2) is 5.76 Å². The lowest BCUT2D eigenvalue weighted by Gasteiger charge is -2.09. The second-order valence-corrected chi connectivity index (χ2v) is 5.33. The van der Waals surface area contributed by atoms with Gasteiger partial charge >= 0.3 is 0 Å². The van der Waals surface area contributed by atoms with Gasteiger partial charge in [-0.05, 0) is 36.8 Å². The number of rotatable bonds is 5. The standard InChI is InChI=1S/C18H17N3O3/c1-13-5-2-3-6-14(13)18(23)19-10-11-21-17(22)9-8-15(20-21)16-7-4-12-24-16/h2-9,12H,10-11H2,1H3,(H,19,23). The minimum absolute atomic E-state index is 0.164. The van der Waals surface area contributed by atoms with Crippen LogP contribution in [-0.2, 0) is 6.54 Å². The van der Waals surface area contributed by atoms with Crippen LogP contribution in [0.5, 0.6) is 0 Å². The topological polar surface area (TPSA) is 77.1 Å². The maximum absolute atomic E-state index is 12.2. The Morgan fingerprint density at radius 1 is 1.17 bits per heavy atom. The van der Waals surface area contributed by atoms with Gasteiger partial charge in [-0.1, -0.05) is 18.2 Å². The van der Waals surface area contributed by atoms with Gasteiger partial charge < -0.3 is 9.73 Å². The van der Waals surface area contributed by atoms with Crippen molar-refractivity contribution in [2.75, 3.05) is 6.54 Å². The van der Waals surface area contributed by atoms with Crippen LogP contribution >= 0.6 is 0 Å². The third-order valence-electron chi connectivity index (χ3n) is 3.64. The minimum atomic E-state index is -0.226. The Morgan fingerprint density at radius 3 is 2.75 bits per heavy atom. The summed E-state index contributed by atoms with van der Waals surface area (Å²) in [4.78, 5) is 24.1. The highest BCUT2D eigenvalue weighted by Crippen LogP contribution is 2.14. The van der Waals surface area contributed by atoms with E-state index in [0.29, 0.717) is 23.6 Å². The van der Waals surface area contributed by atoms with Crippen molar-refractivity contribution in [2.24, 2.45) is 0 Å². The number of furan rings is 1. The zero-order chi connectivity index (χ0) is 16.9. The molecule has 0 radical (unpaired) electrons. The van der Waals surface area contributed by atoms with Gasteiger partial charge in [-0.3, -0.25) is 9.59 Å². The van der Waals surface area contributed by atoms with Gasteiger partial charge in [0.1, 0.15) is 5.69 Å². The average molecular weight is 323 g/mol. The zero-order valence-electron chi connectivity index (χ0n) is 13.2. The molecule has 1 amide bonds. The summed E-state index contributed by atoms with van der Waals surface area (Å²) in [7, 11) is 0. The first-order valence-corrected chi connectivity index (χ1v) is 7.61. The van der Waals surface area contributed by atoms with Gasteiger partial charge in [-0.2, -0.15) is 5.10 Å². The monoisotopic (exact) mass is 323 g/mol. The molecule has 2 heterocycles. The van der Waals surface area contributed by atoms with Crippen LogP contribution in [0, 0.1) is 6.92 Å². The van der Waals surface area contributed by atoms with E-state index >= 15 is 0 Å². The van der Waals surface area contributed by atoms with Gasteiger partial charge in [-0.15, -0.1) is 0 Å². The van der Waals surface area contributed by atoms with Crippen LogP contribution in [0.1, 0.15) is 15.9 Å². The number of amides is 1. The van der Waals surface area contributed by atoms with E-state index in [1.807, 2.05) is 25.1 Å². The van der Waals surface area contributed by atoms with Gasteiger partial charge in [0.25, 0.3) is 11.5 Å². The number of hydrogen-bond donors (Lipinski definition) is 1. The predicted molar refractivity (Wildman–Crippen MR) is 89.7 cm³/mol. The molecule has 6 heteroatoms. The van der Waals surface area contributed by atoms with Crippen LogP contribution in [-0.4, -0.2) is 22.2 Å². The third-order valence-corrected chi connectivity index (χ3v) is 3.64. The van der Waals surface area contributed by atoms with Gasteiger partial charge in [-0.25, -0.2) is 4.68 Å². The smallest absolute Gasteiger partial charge is 0.266 e. The van der Waals surface area contributed by atoms with Gasteiger partial charge in [0, 0.05) is 18.2 Å². The predicted octanol–water partition coefficient (Wildman–Crippen LogP) is 2.24. The molecule has 0 fully saturated rings. The maximum atomic E-state index is 12.2. The molecule has 3 rings (SSSR count). The molecule has 1 aromatic carbocycles. The van der Waals surface area contributed by atoms with Crippen molar-refractivity contribution in [1.82, 2.24) is 15.1 Å². The molecule has 0 spiro atoms. The van der Waals surface area contributed by atoms with E-state index in [9.17, 15) is 9.59 Å². The summed E-state index contributed by atoms with van der Waals surface area (Å²) in [5.74, 6) is 0.427. The Hall–Kier alpha value is -3.15. The normalized spacial score (nSPS) is 10.5. The molecule has 0 saturated heterocycles. The number of aryl methyl sites for hydroxylation is 1. The average Bonchev–Trinajstić information content (AvgIpc) is 3.11. The molecule has 1 N–H and O–H groups in total. The Balaban J connectivity index is 1.67. The first-order valence-electron chi connectivity index (χ1n) is 7.61. The van der Waals surface area contributed by atoms with Crippen LogP contribution in [0.15, 0.2) is 64.0 Å². The number of carbonyl (C=O) groups is 1. The molecule has 0 aliphatic rings. The molecule has 0 saturated carbocycles. The molecule has 24 heavy (non-hydrogen) atoms. The van der Waals surface area contributed by atoms with E-state index in [2.05, 4.69) is 10.4 Å². The SMILES string of the molecule is Cc1ccccc1C(=O)NCCn1nc(-c2ccco2)ccc1=O. The molecule has 0 aliphatic carbocycles. The van der Waals surface area contributed by atoms with E-state index in [1.165, 1.54) is 10.7 Å². The Kier molecular flexibility index (Phi) is 4.56. The number of benzene rings is 1. The molecular formula is C18H17N3O3. The number of nitrogens with zero attached hydrogens (tertiary/aromatic N) is 2. The quantitative estimate of drug-likeness (QED) is 0.781. The van der Waals surface area contributed by atoms with Crippen molar-refractivity contribution in [3.05, 3.63) is 76.3 Å². The van der Waals surface area contributed by atoms with Crippen molar-refractivity contribution >= 4 is 5.91 Å². The Morgan fingerprint density at radius 2 is 2.00 bits per heavy atom. The molecular weight excluding hydrogens is 306 g/mol. The highest BCUT2D eigenvalue weighted by Gasteiger charge is 2.09. The van der Waals surface area contributed by atoms with E-state index in [1.54, 1.807) is 30.5 Å². The van der Waals surface area contributed by atoms with Crippen LogP contribution in [0.2, 0.25) is 0 Å².